The second kappa shape index (κ2) is 6.45. The summed E-state index contributed by atoms with van der Waals surface area (Å²) in [4.78, 5) is 14.1. The van der Waals surface area contributed by atoms with Crippen molar-refractivity contribution in [3.05, 3.63) is 46.2 Å². The van der Waals surface area contributed by atoms with Crippen molar-refractivity contribution in [2.45, 2.75) is 27.7 Å². The van der Waals surface area contributed by atoms with E-state index in [1.54, 1.807) is 11.3 Å². The minimum atomic E-state index is 0.462. The third-order valence-electron chi connectivity index (χ3n) is 3.78. The second-order valence-electron chi connectivity index (χ2n) is 5.71. The number of nitrogens with zero attached hydrogens (tertiary/aromatic N) is 3. The van der Waals surface area contributed by atoms with E-state index in [4.69, 9.17) is 5.73 Å². The van der Waals surface area contributed by atoms with Crippen LogP contribution in [0.5, 0.6) is 0 Å². The zero-order valence-electron chi connectivity index (χ0n) is 14.1. The average Bonchev–Trinajstić information content (AvgIpc) is 2.85. The number of hydrogen-bond acceptors (Lipinski definition) is 7. The first-order valence-electron chi connectivity index (χ1n) is 7.60. The SMILES string of the molecule is Cc1ccc(C)c(Nc2ncnc(Nc3nc(C)c(C)s3)c2N)c1. The van der Waals surface area contributed by atoms with Crippen molar-refractivity contribution < 1.29 is 0 Å². The number of hydrogen-bond donors (Lipinski definition) is 3. The standard InChI is InChI=1S/C17H20N6S/c1-9-5-6-10(2)13(7-9)22-15-14(18)16(20-8-19-15)23-17-21-11(3)12(4)24-17/h5-8H,18H2,1-4H3,(H2,19,20,21,22,23). The monoisotopic (exact) mass is 340 g/mol. The predicted octanol–water partition coefficient (Wildman–Crippen LogP) is 4.24. The number of rotatable bonds is 4. The Balaban J connectivity index is 1.89. The largest absolute Gasteiger partial charge is 0.393 e. The number of thiazole rings is 1. The minimum Gasteiger partial charge on any atom is -0.393 e. The van der Waals surface area contributed by atoms with Gasteiger partial charge < -0.3 is 16.4 Å². The van der Waals surface area contributed by atoms with Crippen LogP contribution < -0.4 is 16.4 Å². The summed E-state index contributed by atoms with van der Waals surface area (Å²) in [6.45, 7) is 8.11. The summed E-state index contributed by atoms with van der Waals surface area (Å²) in [7, 11) is 0. The Bertz CT molecular complexity index is 867. The van der Waals surface area contributed by atoms with E-state index in [1.165, 1.54) is 16.8 Å². The van der Waals surface area contributed by atoms with Crippen LogP contribution in [0, 0.1) is 27.7 Å². The molecule has 3 aromatic rings. The van der Waals surface area contributed by atoms with Crippen molar-refractivity contribution in [1.29, 1.82) is 0 Å². The lowest BCUT2D eigenvalue weighted by Crippen LogP contribution is -2.05. The number of nitrogens with one attached hydrogen (secondary N) is 2. The first kappa shape index (κ1) is 16.2. The van der Waals surface area contributed by atoms with Crippen molar-refractivity contribution in [2.24, 2.45) is 0 Å². The van der Waals surface area contributed by atoms with Crippen LogP contribution in [-0.2, 0) is 0 Å². The van der Waals surface area contributed by atoms with Gasteiger partial charge in [-0.15, -0.1) is 11.3 Å². The lowest BCUT2D eigenvalue weighted by Gasteiger charge is -2.13. The number of aromatic nitrogens is 3. The first-order valence-corrected chi connectivity index (χ1v) is 8.41. The Kier molecular flexibility index (Phi) is 4.35. The van der Waals surface area contributed by atoms with Gasteiger partial charge in [0.15, 0.2) is 16.8 Å². The fourth-order valence-corrected chi connectivity index (χ4v) is 3.03. The molecule has 0 bridgehead atoms. The van der Waals surface area contributed by atoms with Crippen LogP contribution in [-0.4, -0.2) is 15.0 Å². The maximum Gasteiger partial charge on any atom is 0.188 e. The fourth-order valence-electron chi connectivity index (χ4n) is 2.22. The maximum absolute atomic E-state index is 6.24. The van der Waals surface area contributed by atoms with E-state index in [-0.39, 0.29) is 0 Å². The van der Waals surface area contributed by atoms with Gasteiger partial charge in [-0.25, -0.2) is 15.0 Å². The number of anilines is 5. The summed E-state index contributed by atoms with van der Waals surface area (Å²) in [5, 5.41) is 7.24. The molecule has 0 aliphatic rings. The Morgan fingerprint density at radius 1 is 1.00 bits per heavy atom. The summed E-state index contributed by atoms with van der Waals surface area (Å²) in [5.74, 6) is 1.12. The third kappa shape index (κ3) is 3.30. The van der Waals surface area contributed by atoms with Crippen molar-refractivity contribution >= 4 is 39.5 Å². The molecule has 24 heavy (non-hydrogen) atoms. The molecule has 1 aromatic carbocycles. The highest BCUT2D eigenvalue weighted by molar-refractivity contribution is 7.15. The zero-order chi connectivity index (χ0) is 17.3. The lowest BCUT2D eigenvalue weighted by atomic mass is 10.1. The highest BCUT2D eigenvalue weighted by Gasteiger charge is 2.12. The van der Waals surface area contributed by atoms with Gasteiger partial charge >= 0.3 is 0 Å². The van der Waals surface area contributed by atoms with Crippen LogP contribution >= 0.6 is 11.3 Å². The maximum atomic E-state index is 6.24. The van der Waals surface area contributed by atoms with Crippen LogP contribution in [0.3, 0.4) is 0 Å². The molecule has 0 fully saturated rings. The van der Waals surface area contributed by atoms with Gasteiger partial charge in [0.1, 0.15) is 12.0 Å². The summed E-state index contributed by atoms with van der Waals surface area (Å²) in [6, 6.07) is 6.21. The van der Waals surface area contributed by atoms with Crippen molar-refractivity contribution in [2.75, 3.05) is 16.4 Å². The quantitative estimate of drug-likeness (QED) is 0.658. The molecule has 2 heterocycles. The van der Waals surface area contributed by atoms with Crippen LogP contribution in [0.25, 0.3) is 0 Å². The molecule has 0 radical (unpaired) electrons. The van der Waals surface area contributed by atoms with Gasteiger partial charge in [-0.05, 0) is 44.9 Å². The Hall–Kier alpha value is -2.67. The molecule has 0 spiro atoms. The van der Waals surface area contributed by atoms with E-state index in [1.807, 2.05) is 27.7 Å². The van der Waals surface area contributed by atoms with Crippen molar-refractivity contribution in [1.82, 2.24) is 15.0 Å². The minimum absolute atomic E-state index is 0.462. The molecular formula is C17H20N6S. The predicted molar refractivity (Wildman–Crippen MR) is 101 cm³/mol. The molecule has 0 atom stereocenters. The van der Waals surface area contributed by atoms with Crippen LogP contribution in [0.2, 0.25) is 0 Å². The van der Waals surface area contributed by atoms with E-state index in [0.717, 1.165) is 22.1 Å². The number of aryl methyl sites for hydroxylation is 4. The number of nitrogens with two attached hydrogens (primary N) is 1. The summed E-state index contributed by atoms with van der Waals surface area (Å²) in [6.07, 6.45) is 1.49. The molecule has 124 valence electrons. The molecule has 0 aliphatic heterocycles. The molecule has 6 nitrogen and oxygen atoms in total. The molecule has 3 rings (SSSR count). The molecule has 7 heteroatoms. The topological polar surface area (TPSA) is 88.8 Å². The summed E-state index contributed by atoms with van der Waals surface area (Å²) >= 11 is 1.57. The second-order valence-corrected chi connectivity index (χ2v) is 6.92. The van der Waals surface area contributed by atoms with E-state index in [9.17, 15) is 0 Å². The summed E-state index contributed by atoms with van der Waals surface area (Å²) in [5.41, 5.74) is 11.0. The van der Waals surface area contributed by atoms with Gasteiger partial charge in [0.2, 0.25) is 0 Å². The van der Waals surface area contributed by atoms with E-state index in [2.05, 4.69) is 43.8 Å². The molecule has 2 aromatic heterocycles. The highest BCUT2D eigenvalue weighted by Crippen LogP contribution is 2.31. The molecular weight excluding hydrogens is 320 g/mol. The van der Waals surface area contributed by atoms with Crippen LogP contribution in [0.4, 0.5) is 28.1 Å². The average molecular weight is 340 g/mol. The van der Waals surface area contributed by atoms with Crippen LogP contribution in [0.15, 0.2) is 24.5 Å². The Morgan fingerprint density at radius 2 is 1.71 bits per heavy atom. The molecule has 0 unspecified atom stereocenters. The van der Waals surface area contributed by atoms with Gasteiger partial charge in [-0.3, -0.25) is 0 Å². The zero-order valence-corrected chi connectivity index (χ0v) is 15.0. The first-order chi connectivity index (χ1) is 11.4. The third-order valence-corrected chi connectivity index (χ3v) is 4.77. The van der Waals surface area contributed by atoms with Crippen molar-refractivity contribution in [3.63, 3.8) is 0 Å². The summed E-state index contributed by atoms with van der Waals surface area (Å²) < 4.78 is 0. The number of benzene rings is 1. The van der Waals surface area contributed by atoms with Gasteiger partial charge in [-0.2, -0.15) is 0 Å². The molecule has 0 saturated heterocycles. The number of nitrogen functional groups attached to an aromatic ring is 1. The van der Waals surface area contributed by atoms with Gasteiger partial charge in [-0.1, -0.05) is 12.1 Å². The Morgan fingerprint density at radius 3 is 2.38 bits per heavy atom. The molecule has 0 saturated carbocycles. The van der Waals surface area contributed by atoms with E-state index < -0.39 is 0 Å². The lowest BCUT2D eigenvalue weighted by molar-refractivity contribution is 1.16. The molecule has 0 aliphatic carbocycles. The molecule has 0 amide bonds. The van der Waals surface area contributed by atoms with E-state index >= 15 is 0 Å². The Labute approximate surface area is 145 Å². The van der Waals surface area contributed by atoms with Gasteiger partial charge in [0.25, 0.3) is 0 Å². The normalized spacial score (nSPS) is 10.7. The van der Waals surface area contributed by atoms with E-state index in [0.29, 0.717) is 17.3 Å². The smallest absolute Gasteiger partial charge is 0.188 e. The molecule has 4 N–H and O–H groups in total. The fraction of sp³-hybridized carbons (Fsp3) is 0.235. The van der Waals surface area contributed by atoms with Crippen LogP contribution in [0.1, 0.15) is 21.7 Å². The van der Waals surface area contributed by atoms with Crippen molar-refractivity contribution in [3.8, 4) is 0 Å². The van der Waals surface area contributed by atoms with Gasteiger partial charge in [0, 0.05) is 10.6 Å². The highest BCUT2D eigenvalue weighted by atomic mass is 32.1. The van der Waals surface area contributed by atoms with Gasteiger partial charge in [0.05, 0.1) is 5.69 Å².